The molecule has 2 rings (SSSR count). The molecule has 1 N–H and O–H groups in total. The Morgan fingerprint density at radius 3 is 2.59 bits per heavy atom. The van der Waals surface area contributed by atoms with Gasteiger partial charge in [-0.3, -0.25) is 0 Å². The number of methoxy groups -OCH3 is 1. The van der Waals surface area contributed by atoms with Gasteiger partial charge in [0.2, 0.25) is 0 Å². The van der Waals surface area contributed by atoms with Gasteiger partial charge in [0.25, 0.3) is 0 Å². The van der Waals surface area contributed by atoms with Gasteiger partial charge in [-0.05, 0) is 36.6 Å². The molecule has 114 valence electrons. The fraction of sp³-hybridized carbons (Fsp3) is 0.118. The topological polar surface area (TPSA) is 55.8 Å². The molecule has 22 heavy (non-hydrogen) atoms. The second kappa shape index (κ2) is 7.56. The quantitative estimate of drug-likeness (QED) is 0.645. The molecule has 0 bridgehead atoms. The Morgan fingerprint density at radius 2 is 1.86 bits per heavy atom. The standard InChI is InChI=1S/C17H16O4S/c1-3-11-22-16-13(18)8-6-10-15(16)21-14-9-5-4-7-12(14)17(19)20-2/h3-11,18H,1-2H3. The summed E-state index contributed by atoms with van der Waals surface area (Å²) in [6.45, 7) is 1.89. The molecule has 0 spiro atoms. The second-order valence-electron chi connectivity index (χ2n) is 4.28. The number of hydrogen-bond donors (Lipinski definition) is 1. The van der Waals surface area contributed by atoms with Gasteiger partial charge in [0.15, 0.2) is 0 Å². The highest BCUT2D eigenvalue weighted by molar-refractivity contribution is 8.02. The summed E-state index contributed by atoms with van der Waals surface area (Å²) in [6.07, 6.45) is 1.86. The van der Waals surface area contributed by atoms with E-state index >= 15 is 0 Å². The number of rotatable bonds is 5. The number of phenols is 1. The highest BCUT2D eigenvalue weighted by Crippen LogP contribution is 2.40. The molecule has 0 amide bonds. The van der Waals surface area contributed by atoms with Crippen molar-refractivity contribution in [3.63, 3.8) is 0 Å². The predicted molar refractivity (Wildman–Crippen MR) is 86.6 cm³/mol. The first kappa shape index (κ1) is 16.0. The van der Waals surface area contributed by atoms with Crippen LogP contribution in [0.2, 0.25) is 0 Å². The molecule has 0 saturated carbocycles. The molecule has 0 aromatic heterocycles. The van der Waals surface area contributed by atoms with E-state index in [1.807, 2.05) is 18.4 Å². The van der Waals surface area contributed by atoms with Gasteiger partial charge in [-0.2, -0.15) is 0 Å². The van der Waals surface area contributed by atoms with Crippen molar-refractivity contribution >= 4 is 17.7 Å². The summed E-state index contributed by atoms with van der Waals surface area (Å²) in [4.78, 5) is 12.4. The fourth-order valence-electron chi connectivity index (χ4n) is 1.79. The molecule has 0 radical (unpaired) electrons. The molecular weight excluding hydrogens is 300 g/mol. The van der Waals surface area contributed by atoms with E-state index in [-0.39, 0.29) is 5.75 Å². The number of thioether (sulfide) groups is 1. The lowest BCUT2D eigenvalue weighted by molar-refractivity contribution is 0.0598. The minimum Gasteiger partial charge on any atom is -0.507 e. The van der Waals surface area contributed by atoms with Gasteiger partial charge in [-0.15, -0.1) is 0 Å². The number of carbonyl (C=O) groups is 1. The van der Waals surface area contributed by atoms with Crippen LogP contribution in [0.5, 0.6) is 17.2 Å². The molecule has 0 aliphatic rings. The number of aromatic hydroxyl groups is 1. The summed E-state index contributed by atoms with van der Waals surface area (Å²) >= 11 is 1.34. The number of para-hydroxylation sites is 1. The Hall–Kier alpha value is -2.40. The van der Waals surface area contributed by atoms with Crippen molar-refractivity contribution in [1.29, 1.82) is 0 Å². The minimum atomic E-state index is -0.474. The maximum Gasteiger partial charge on any atom is 0.341 e. The van der Waals surface area contributed by atoms with Crippen molar-refractivity contribution in [2.24, 2.45) is 0 Å². The van der Waals surface area contributed by atoms with Gasteiger partial charge in [-0.25, -0.2) is 4.79 Å². The van der Waals surface area contributed by atoms with Crippen LogP contribution in [0.4, 0.5) is 0 Å². The van der Waals surface area contributed by atoms with Crippen LogP contribution in [0, 0.1) is 0 Å². The van der Waals surface area contributed by atoms with Gasteiger partial charge in [-0.1, -0.05) is 36.0 Å². The Bertz CT molecular complexity index is 695. The zero-order valence-electron chi connectivity index (χ0n) is 12.3. The number of allylic oxidation sites excluding steroid dienone is 1. The van der Waals surface area contributed by atoms with E-state index in [0.29, 0.717) is 22.0 Å². The van der Waals surface area contributed by atoms with Gasteiger partial charge in [0, 0.05) is 0 Å². The summed E-state index contributed by atoms with van der Waals surface area (Å²) in [5.41, 5.74) is 0.329. The summed E-state index contributed by atoms with van der Waals surface area (Å²) in [5, 5.41) is 11.8. The van der Waals surface area contributed by atoms with Crippen molar-refractivity contribution in [1.82, 2.24) is 0 Å². The Labute approximate surface area is 133 Å². The highest BCUT2D eigenvalue weighted by atomic mass is 32.2. The number of hydrogen-bond acceptors (Lipinski definition) is 5. The van der Waals surface area contributed by atoms with E-state index in [1.165, 1.54) is 18.9 Å². The maximum absolute atomic E-state index is 11.8. The van der Waals surface area contributed by atoms with Crippen LogP contribution in [0.3, 0.4) is 0 Å². The first-order valence-corrected chi connectivity index (χ1v) is 7.50. The number of ether oxygens (including phenoxy) is 2. The SMILES string of the molecule is CC=CSc1c(O)cccc1Oc1ccccc1C(=O)OC. The van der Waals surface area contributed by atoms with Crippen LogP contribution in [0.25, 0.3) is 0 Å². The Kier molecular flexibility index (Phi) is 5.49. The number of carbonyl (C=O) groups excluding carboxylic acids is 1. The minimum absolute atomic E-state index is 0.121. The van der Waals surface area contributed by atoms with Crippen LogP contribution in [-0.2, 0) is 4.74 Å². The van der Waals surface area contributed by atoms with Crippen LogP contribution >= 0.6 is 11.8 Å². The Morgan fingerprint density at radius 1 is 1.14 bits per heavy atom. The summed E-state index contributed by atoms with van der Waals surface area (Å²) in [5.74, 6) is 0.497. The van der Waals surface area contributed by atoms with E-state index in [0.717, 1.165) is 0 Å². The third-order valence-corrected chi connectivity index (χ3v) is 3.85. The smallest absolute Gasteiger partial charge is 0.341 e. The lowest BCUT2D eigenvalue weighted by Gasteiger charge is -2.13. The lowest BCUT2D eigenvalue weighted by atomic mass is 10.2. The first-order chi connectivity index (χ1) is 10.7. The summed E-state index contributed by atoms with van der Waals surface area (Å²) in [7, 11) is 1.32. The van der Waals surface area contributed by atoms with Gasteiger partial charge >= 0.3 is 5.97 Å². The van der Waals surface area contributed by atoms with E-state index < -0.39 is 5.97 Å². The van der Waals surface area contributed by atoms with Crippen LogP contribution < -0.4 is 4.74 Å². The molecule has 0 heterocycles. The van der Waals surface area contributed by atoms with Crippen molar-refractivity contribution in [3.05, 3.63) is 59.5 Å². The molecule has 0 unspecified atom stereocenters. The fourth-order valence-corrected chi connectivity index (χ4v) is 2.48. The van der Waals surface area contributed by atoms with Crippen LogP contribution in [-0.4, -0.2) is 18.2 Å². The maximum atomic E-state index is 11.8. The van der Waals surface area contributed by atoms with Crippen LogP contribution in [0.15, 0.2) is 58.8 Å². The molecule has 2 aromatic carbocycles. The molecular formula is C17H16O4S. The normalized spacial score (nSPS) is 10.6. The first-order valence-electron chi connectivity index (χ1n) is 6.62. The van der Waals surface area contributed by atoms with E-state index in [4.69, 9.17) is 9.47 Å². The van der Waals surface area contributed by atoms with Crippen molar-refractivity contribution < 1.29 is 19.4 Å². The molecule has 0 saturated heterocycles. The third-order valence-electron chi connectivity index (χ3n) is 2.79. The number of benzene rings is 2. The highest BCUT2D eigenvalue weighted by Gasteiger charge is 2.15. The van der Waals surface area contributed by atoms with Gasteiger partial charge in [0.1, 0.15) is 22.8 Å². The lowest BCUT2D eigenvalue weighted by Crippen LogP contribution is -2.03. The molecule has 5 heteroatoms. The zero-order chi connectivity index (χ0) is 15.9. The predicted octanol–water partition coefficient (Wildman–Crippen LogP) is 4.60. The number of phenolic OH excluding ortho intramolecular Hbond substituents is 1. The average molecular weight is 316 g/mol. The van der Waals surface area contributed by atoms with E-state index in [2.05, 4.69) is 0 Å². The molecule has 0 aliphatic carbocycles. The van der Waals surface area contributed by atoms with Crippen molar-refractivity contribution in [3.8, 4) is 17.2 Å². The Balaban J connectivity index is 2.39. The molecule has 0 aliphatic heterocycles. The molecule has 0 fully saturated rings. The third kappa shape index (κ3) is 3.62. The second-order valence-corrected chi connectivity index (χ2v) is 5.20. The van der Waals surface area contributed by atoms with Crippen molar-refractivity contribution in [2.75, 3.05) is 7.11 Å². The van der Waals surface area contributed by atoms with E-state index in [1.54, 1.807) is 42.5 Å². The van der Waals surface area contributed by atoms with Crippen LogP contribution in [0.1, 0.15) is 17.3 Å². The van der Waals surface area contributed by atoms with Gasteiger partial charge < -0.3 is 14.6 Å². The number of esters is 1. The molecule has 2 aromatic rings. The monoisotopic (exact) mass is 316 g/mol. The van der Waals surface area contributed by atoms with Gasteiger partial charge in [0.05, 0.1) is 12.0 Å². The molecule has 4 nitrogen and oxygen atoms in total. The zero-order valence-corrected chi connectivity index (χ0v) is 13.1. The summed E-state index contributed by atoms with van der Waals surface area (Å²) in [6, 6.07) is 11.8. The van der Waals surface area contributed by atoms with Crippen molar-refractivity contribution in [2.45, 2.75) is 11.8 Å². The molecule has 0 atom stereocenters. The summed E-state index contributed by atoms with van der Waals surface area (Å²) < 4.78 is 10.6. The average Bonchev–Trinajstić information content (AvgIpc) is 2.54. The van der Waals surface area contributed by atoms with E-state index in [9.17, 15) is 9.90 Å². The largest absolute Gasteiger partial charge is 0.507 e.